The van der Waals surface area contributed by atoms with Gasteiger partial charge in [0.2, 0.25) is 0 Å². The van der Waals surface area contributed by atoms with Crippen LogP contribution in [0.15, 0.2) is 83.2 Å². The van der Waals surface area contributed by atoms with Crippen LogP contribution in [0.5, 0.6) is 0 Å². The number of sulfone groups is 1. The fourth-order valence-corrected chi connectivity index (χ4v) is 5.68. The molecule has 7 nitrogen and oxygen atoms in total. The molecule has 0 aromatic heterocycles. The van der Waals surface area contributed by atoms with Gasteiger partial charge < -0.3 is 19.4 Å². The van der Waals surface area contributed by atoms with Gasteiger partial charge >= 0.3 is 13.2 Å². The third kappa shape index (κ3) is 5.59. The van der Waals surface area contributed by atoms with Crippen LogP contribution in [0, 0.1) is 0 Å². The number of benzene rings is 3. The molecule has 1 aliphatic carbocycles. The summed E-state index contributed by atoms with van der Waals surface area (Å²) in [6, 6.07) is 22.9. The number of carbonyl (C=O) groups excluding carboxylic acids is 1. The third-order valence-corrected chi connectivity index (χ3v) is 9.13. The van der Waals surface area contributed by atoms with Gasteiger partial charge in [0.25, 0.3) is 0 Å². The van der Waals surface area contributed by atoms with E-state index >= 15 is 0 Å². The largest absolute Gasteiger partial charge is 0.492 e. The number of hydrogen-bond acceptors (Lipinski definition) is 6. The van der Waals surface area contributed by atoms with Gasteiger partial charge in [-0.1, -0.05) is 66.7 Å². The number of amides is 1. The second kappa shape index (κ2) is 10.5. The second-order valence-corrected chi connectivity index (χ2v) is 13.3. The molecule has 1 amide bonds. The Morgan fingerprint density at radius 1 is 0.900 bits per heavy atom. The van der Waals surface area contributed by atoms with Gasteiger partial charge in [-0.05, 0) is 73.1 Å². The highest BCUT2D eigenvalue weighted by Gasteiger charge is 2.52. The Morgan fingerprint density at radius 2 is 1.43 bits per heavy atom. The van der Waals surface area contributed by atoms with E-state index in [1.165, 1.54) is 17.4 Å². The van der Waals surface area contributed by atoms with Crippen LogP contribution in [0.25, 0.3) is 17.2 Å². The molecule has 0 unspecified atom stereocenters. The average molecular weight is 559 g/mol. The zero-order valence-corrected chi connectivity index (χ0v) is 24.2. The lowest BCUT2D eigenvalue weighted by molar-refractivity contribution is 0.00578. The molecule has 5 rings (SSSR count). The summed E-state index contributed by atoms with van der Waals surface area (Å²) in [6.07, 6.45) is 2.47. The monoisotopic (exact) mass is 559 g/mol. The van der Waals surface area contributed by atoms with Crippen LogP contribution >= 0.6 is 0 Å². The van der Waals surface area contributed by atoms with E-state index in [1.807, 2.05) is 58.0 Å². The zero-order chi connectivity index (χ0) is 28.7. The number of hydrogen-bond donors (Lipinski definition) is 1. The molecule has 1 saturated heterocycles. The minimum absolute atomic E-state index is 0.0374. The molecule has 1 aliphatic heterocycles. The Balaban J connectivity index is 1.31. The van der Waals surface area contributed by atoms with Gasteiger partial charge in [-0.15, -0.1) is 0 Å². The van der Waals surface area contributed by atoms with Crippen molar-refractivity contribution in [3.05, 3.63) is 95.0 Å². The molecule has 0 spiro atoms. The summed E-state index contributed by atoms with van der Waals surface area (Å²) in [6.45, 7) is 8.19. The van der Waals surface area contributed by atoms with Crippen LogP contribution in [-0.4, -0.2) is 52.2 Å². The third-order valence-electron chi connectivity index (χ3n) is 8.00. The quantitative estimate of drug-likeness (QED) is 0.377. The van der Waals surface area contributed by atoms with Crippen LogP contribution in [0.1, 0.15) is 50.3 Å². The molecule has 1 N–H and O–H groups in total. The Kier molecular flexibility index (Phi) is 7.42. The summed E-state index contributed by atoms with van der Waals surface area (Å²) >= 11 is 0. The van der Waals surface area contributed by atoms with Crippen molar-refractivity contribution in [1.29, 1.82) is 0 Å². The van der Waals surface area contributed by atoms with Crippen molar-refractivity contribution in [2.45, 2.75) is 49.7 Å². The maximum atomic E-state index is 12.9. The molecule has 0 radical (unpaired) electrons. The van der Waals surface area contributed by atoms with Crippen LogP contribution in [0.4, 0.5) is 4.79 Å². The first kappa shape index (κ1) is 28.1. The standard InChI is InChI=1S/C31H34BNO6S/c1-30(2)31(3,4)39-32(38-30)22(18-21-14-16-23(17-15-21)40(5,35)36)19-33-29(34)37-20-28-26-12-8-6-10-24(26)25-11-7-9-13-27(25)28/h6-18,28H,19-20H2,1-5H3,(H,33,34). The summed E-state index contributed by atoms with van der Waals surface area (Å²) in [4.78, 5) is 13.1. The Hall–Kier alpha value is -3.40. The van der Waals surface area contributed by atoms with E-state index in [4.69, 9.17) is 14.0 Å². The second-order valence-electron chi connectivity index (χ2n) is 11.3. The number of alkyl carbamates (subject to hydrolysis) is 1. The van der Waals surface area contributed by atoms with Crippen molar-refractivity contribution in [2.75, 3.05) is 19.4 Å². The normalized spacial score (nSPS) is 17.8. The predicted octanol–water partition coefficient (Wildman–Crippen LogP) is 5.64. The maximum absolute atomic E-state index is 12.9. The summed E-state index contributed by atoms with van der Waals surface area (Å²) in [7, 11) is -4.01. The van der Waals surface area contributed by atoms with E-state index in [-0.39, 0.29) is 24.0 Å². The molecule has 0 atom stereocenters. The van der Waals surface area contributed by atoms with E-state index in [0.717, 1.165) is 16.7 Å². The van der Waals surface area contributed by atoms with Gasteiger partial charge in [0.1, 0.15) is 6.61 Å². The van der Waals surface area contributed by atoms with Crippen molar-refractivity contribution >= 4 is 29.1 Å². The van der Waals surface area contributed by atoms with Gasteiger partial charge in [0.15, 0.2) is 9.84 Å². The minimum Gasteiger partial charge on any atom is -0.449 e. The summed E-state index contributed by atoms with van der Waals surface area (Å²) in [5, 5.41) is 2.86. The van der Waals surface area contributed by atoms with Gasteiger partial charge in [-0.2, -0.15) is 0 Å². The van der Waals surface area contributed by atoms with E-state index in [2.05, 4.69) is 29.6 Å². The summed E-state index contributed by atoms with van der Waals surface area (Å²) in [5.41, 5.74) is 4.92. The fraction of sp³-hybridized carbons (Fsp3) is 0.323. The Morgan fingerprint density at radius 3 is 1.95 bits per heavy atom. The lowest BCUT2D eigenvalue weighted by Gasteiger charge is -2.32. The van der Waals surface area contributed by atoms with Gasteiger partial charge in [0, 0.05) is 18.7 Å². The summed E-state index contributed by atoms with van der Waals surface area (Å²) in [5.74, 6) is -0.0374. The minimum atomic E-state index is -3.31. The van der Waals surface area contributed by atoms with Crippen LogP contribution < -0.4 is 5.32 Å². The molecule has 1 fully saturated rings. The fourth-order valence-electron chi connectivity index (χ4n) is 5.05. The number of fused-ring (bicyclic) bond motifs is 3. The average Bonchev–Trinajstić information content (AvgIpc) is 3.34. The van der Waals surface area contributed by atoms with E-state index in [0.29, 0.717) is 5.47 Å². The molecule has 9 heteroatoms. The molecular weight excluding hydrogens is 525 g/mol. The molecule has 2 aliphatic rings. The first-order valence-electron chi connectivity index (χ1n) is 13.3. The van der Waals surface area contributed by atoms with E-state index in [1.54, 1.807) is 24.3 Å². The molecule has 0 bridgehead atoms. The molecular formula is C31H34BNO6S. The smallest absolute Gasteiger partial charge is 0.449 e. The Bertz CT molecular complexity index is 1500. The van der Waals surface area contributed by atoms with E-state index < -0.39 is 34.3 Å². The van der Waals surface area contributed by atoms with Gasteiger partial charge in [0.05, 0.1) is 16.1 Å². The van der Waals surface area contributed by atoms with Gasteiger partial charge in [-0.3, -0.25) is 0 Å². The van der Waals surface area contributed by atoms with Crippen LogP contribution in [-0.2, 0) is 23.9 Å². The number of carbonyl (C=O) groups is 1. The van der Waals surface area contributed by atoms with Gasteiger partial charge in [-0.25, -0.2) is 13.2 Å². The van der Waals surface area contributed by atoms with Crippen molar-refractivity contribution in [3.8, 4) is 11.1 Å². The first-order chi connectivity index (χ1) is 18.9. The van der Waals surface area contributed by atoms with Crippen molar-refractivity contribution in [1.82, 2.24) is 5.32 Å². The van der Waals surface area contributed by atoms with Crippen LogP contribution in [0.2, 0.25) is 0 Å². The number of rotatable bonds is 7. The predicted molar refractivity (Wildman–Crippen MR) is 157 cm³/mol. The molecule has 0 saturated carbocycles. The van der Waals surface area contributed by atoms with Crippen LogP contribution in [0.3, 0.4) is 0 Å². The Labute approximate surface area is 236 Å². The highest BCUT2D eigenvalue weighted by Crippen LogP contribution is 2.44. The van der Waals surface area contributed by atoms with Crippen molar-refractivity contribution in [3.63, 3.8) is 0 Å². The maximum Gasteiger partial charge on any atom is 0.492 e. The lowest BCUT2D eigenvalue weighted by atomic mass is 9.77. The topological polar surface area (TPSA) is 90.9 Å². The molecule has 40 heavy (non-hydrogen) atoms. The van der Waals surface area contributed by atoms with Crippen molar-refractivity contribution < 1.29 is 27.3 Å². The SMILES string of the molecule is CC1(C)OB(C(=Cc2ccc(S(C)(=O)=O)cc2)CNC(=O)OCC2c3ccccc3-c3ccccc32)OC1(C)C. The highest BCUT2D eigenvalue weighted by atomic mass is 32.2. The lowest BCUT2D eigenvalue weighted by Crippen LogP contribution is -2.41. The molecule has 3 aromatic rings. The molecule has 1 heterocycles. The van der Waals surface area contributed by atoms with Crippen molar-refractivity contribution in [2.24, 2.45) is 0 Å². The van der Waals surface area contributed by atoms with E-state index in [9.17, 15) is 13.2 Å². The molecule has 3 aromatic carbocycles. The molecule has 208 valence electrons. The number of nitrogens with one attached hydrogen (secondary N) is 1. The number of ether oxygens (including phenoxy) is 1. The first-order valence-corrected chi connectivity index (χ1v) is 15.2. The highest BCUT2D eigenvalue weighted by molar-refractivity contribution is 7.90. The zero-order valence-electron chi connectivity index (χ0n) is 23.4. The summed E-state index contributed by atoms with van der Waals surface area (Å²) < 4.78 is 42.0.